The smallest absolute Gasteiger partial charge is 0.277 e. The summed E-state index contributed by atoms with van der Waals surface area (Å²) < 4.78 is 5.29. The van der Waals surface area contributed by atoms with E-state index in [-0.39, 0.29) is 17.9 Å². The number of benzene rings is 2. The number of nitrogens with one attached hydrogen (secondary N) is 2. The molecule has 2 aromatic carbocycles. The predicted molar refractivity (Wildman–Crippen MR) is 103 cm³/mol. The SMILES string of the molecule is CNC(=O)[C@H](C)[NH2+]C[C@H](c1ccc(OC)cc1)c1c[nH]c2ccccc12. The predicted octanol–water partition coefficient (Wildman–Crippen LogP) is 2.01. The molecule has 0 bridgehead atoms. The van der Waals surface area contributed by atoms with Crippen LogP contribution in [0.15, 0.2) is 54.7 Å². The number of quaternary nitrogens is 1. The molecule has 0 aliphatic heterocycles. The normalized spacial score (nSPS) is 13.3. The van der Waals surface area contributed by atoms with Crippen molar-refractivity contribution < 1.29 is 14.8 Å². The third-order valence-corrected chi connectivity index (χ3v) is 4.90. The molecule has 1 aromatic heterocycles. The molecule has 0 fully saturated rings. The molecule has 0 unspecified atom stereocenters. The summed E-state index contributed by atoms with van der Waals surface area (Å²) in [6.45, 7) is 2.71. The van der Waals surface area contributed by atoms with Gasteiger partial charge in [-0.25, -0.2) is 0 Å². The fourth-order valence-corrected chi connectivity index (χ4v) is 3.34. The van der Waals surface area contributed by atoms with Crippen LogP contribution in [0.2, 0.25) is 0 Å². The van der Waals surface area contributed by atoms with Gasteiger partial charge < -0.3 is 20.4 Å². The number of aromatic nitrogens is 1. The lowest BCUT2D eigenvalue weighted by Crippen LogP contribution is -2.92. The van der Waals surface area contributed by atoms with Crippen LogP contribution in [0.3, 0.4) is 0 Å². The molecule has 136 valence electrons. The summed E-state index contributed by atoms with van der Waals surface area (Å²) in [7, 11) is 3.35. The highest BCUT2D eigenvalue weighted by atomic mass is 16.5. The van der Waals surface area contributed by atoms with Gasteiger partial charge in [-0.1, -0.05) is 30.3 Å². The Labute approximate surface area is 153 Å². The number of para-hydroxylation sites is 1. The van der Waals surface area contributed by atoms with Crippen molar-refractivity contribution in [1.82, 2.24) is 10.3 Å². The average molecular weight is 352 g/mol. The Bertz CT molecular complexity index is 870. The molecule has 1 amide bonds. The highest BCUT2D eigenvalue weighted by molar-refractivity contribution is 5.84. The van der Waals surface area contributed by atoms with E-state index in [1.54, 1.807) is 14.2 Å². The van der Waals surface area contributed by atoms with Gasteiger partial charge in [0, 0.05) is 24.1 Å². The number of aromatic amines is 1. The van der Waals surface area contributed by atoms with E-state index in [1.807, 2.05) is 25.1 Å². The Hall–Kier alpha value is -2.79. The molecular weight excluding hydrogens is 326 g/mol. The molecule has 5 heteroatoms. The number of carbonyl (C=O) groups excluding carboxylic acids is 1. The number of carbonyl (C=O) groups is 1. The van der Waals surface area contributed by atoms with Gasteiger partial charge in [0.25, 0.3) is 5.91 Å². The summed E-state index contributed by atoms with van der Waals surface area (Å²) in [5, 5.41) is 6.02. The minimum absolute atomic E-state index is 0.0393. The zero-order valence-electron chi connectivity index (χ0n) is 15.5. The summed E-state index contributed by atoms with van der Waals surface area (Å²) in [6, 6.07) is 16.4. The van der Waals surface area contributed by atoms with Gasteiger partial charge in [-0.15, -0.1) is 0 Å². The van der Waals surface area contributed by atoms with E-state index in [0.29, 0.717) is 0 Å². The van der Waals surface area contributed by atoms with Gasteiger partial charge in [-0.05, 0) is 36.2 Å². The summed E-state index contributed by atoms with van der Waals surface area (Å²) in [5.74, 6) is 1.05. The fraction of sp³-hybridized carbons (Fsp3) is 0.286. The summed E-state index contributed by atoms with van der Waals surface area (Å²) in [5.41, 5.74) is 3.57. The third kappa shape index (κ3) is 3.73. The van der Waals surface area contributed by atoms with Crippen molar-refractivity contribution in [3.05, 3.63) is 65.9 Å². The minimum Gasteiger partial charge on any atom is -0.497 e. The van der Waals surface area contributed by atoms with Crippen molar-refractivity contribution in [3.63, 3.8) is 0 Å². The van der Waals surface area contributed by atoms with Crippen molar-refractivity contribution in [2.45, 2.75) is 18.9 Å². The molecule has 0 aliphatic carbocycles. The van der Waals surface area contributed by atoms with Gasteiger partial charge in [0.2, 0.25) is 0 Å². The Morgan fingerprint density at radius 2 is 1.92 bits per heavy atom. The molecule has 26 heavy (non-hydrogen) atoms. The molecule has 2 atom stereocenters. The Morgan fingerprint density at radius 3 is 2.62 bits per heavy atom. The number of hydrogen-bond donors (Lipinski definition) is 3. The topological polar surface area (TPSA) is 70.7 Å². The second kappa shape index (κ2) is 8.06. The molecule has 0 saturated carbocycles. The molecule has 1 heterocycles. The molecule has 3 rings (SSSR count). The summed E-state index contributed by atoms with van der Waals surface area (Å²) in [4.78, 5) is 15.2. The minimum atomic E-state index is -0.133. The maximum atomic E-state index is 11.9. The number of fused-ring (bicyclic) bond motifs is 1. The molecule has 3 aromatic rings. The van der Waals surface area contributed by atoms with E-state index in [9.17, 15) is 4.79 Å². The first-order valence-electron chi connectivity index (χ1n) is 8.89. The van der Waals surface area contributed by atoms with Crippen molar-refractivity contribution in [3.8, 4) is 5.75 Å². The maximum absolute atomic E-state index is 11.9. The lowest BCUT2D eigenvalue weighted by atomic mass is 9.90. The molecule has 4 N–H and O–H groups in total. The van der Waals surface area contributed by atoms with Gasteiger partial charge in [0.15, 0.2) is 6.04 Å². The van der Waals surface area contributed by atoms with Gasteiger partial charge in [0.1, 0.15) is 5.75 Å². The molecule has 0 saturated heterocycles. The van der Waals surface area contributed by atoms with Crippen LogP contribution in [-0.2, 0) is 4.79 Å². The summed E-state index contributed by atoms with van der Waals surface area (Å²) >= 11 is 0. The number of rotatable bonds is 7. The van der Waals surface area contributed by atoms with Crippen LogP contribution in [-0.4, -0.2) is 37.6 Å². The number of H-pyrrole nitrogens is 1. The molecular formula is C21H26N3O2+. The lowest BCUT2D eigenvalue weighted by molar-refractivity contribution is -0.674. The lowest BCUT2D eigenvalue weighted by Gasteiger charge is -2.18. The van der Waals surface area contributed by atoms with E-state index in [4.69, 9.17) is 4.74 Å². The second-order valence-corrected chi connectivity index (χ2v) is 6.49. The molecule has 0 spiro atoms. The first-order valence-corrected chi connectivity index (χ1v) is 8.89. The highest BCUT2D eigenvalue weighted by Gasteiger charge is 2.23. The maximum Gasteiger partial charge on any atom is 0.277 e. The number of hydrogen-bond acceptors (Lipinski definition) is 2. The number of nitrogens with two attached hydrogens (primary N) is 1. The van der Waals surface area contributed by atoms with Gasteiger partial charge in [0.05, 0.1) is 19.6 Å². The van der Waals surface area contributed by atoms with Crippen molar-refractivity contribution in [1.29, 1.82) is 0 Å². The van der Waals surface area contributed by atoms with Crippen LogP contribution in [0, 0.1) is 0 Å². The monoisotopic (exact) mass is 352 g/mol. The van der Waals surface area contributed by atoms with Crippen molar-refractivity contribution >= 4 is 16.8 Å². The highest BCUT2D eigenvalue weighted by Crippen LogP contribution is 2.30. The molecule has 0 radical (unpaired) electrons. The average Bonchev–Trinajstić information content (AvgIpc) is 3.12. The summed E-state index contributed by atoms with van der Waals surface area (Å²) in [6.07, 6.45) is 2.08. The number of amides is 1. The fourth-order valence-electron chi connectivity index (χ4n) is 3.34. The van der Waals surface area contributed by atoms with Crippen LogP contribution in [0.1, 0.15) is 24.0 Å². The zero-order chi connectivity index (χ0) is 18.5. The van der Waals surface area contributed by atoms with Crippen molar-refractivity contribution in [2.24, 2.45) is 0 Å². The van der Waals surface area contributed by atoms with Crippen LogP contribution in [0.4, 0.5) is 0 Å². The van der Waals surface area contributed by atoms with Gasteiger partial charge in [-0.2, -0.15) is 0 Å². The van der Waals surface area contributed by atoms with E-state index < -0.39 is 0 Å². The Balaban J connectivity index is 1.94. The Kier molecular flexibility index (Phi) is 5.58. The van der Waals surface area contributed by atoms with Crippen LogP contribution < -0.4 is 15.4 Å². The van der Waals surface area contributed by atoms with Crippen molar-refractivity contribution in [2.75, 3.05) is 20.7 Å². The van der Waals surface area contributed by atoms with Crippen LogP contribution in [0.25, 0.3) is 10.9 Å². The van der Waals surface area contributed by atoms with Gasteiger partial charge >= 0.3 is 0 Å². The van der Waals surface area contributed by atoms with E-state index in [1.165, 1.54) is 16.5 Å². The number of likely N-dealkylation sites (N-methyl/N-ethyl adjacent to an activating group) is 1. The molecule has 0 aliphatic rings. The van der Waals surface area contributed by atoms with Crippen LogP contribution in [0.5, 0.6) is 5.75 Å². The van der Waals surface area contributed by atoms with Gasteiger partial charge in [-0.3, -0.25) is 4.79 Å². The van der Waals surface area contributed by atoms with E-state index >= 15 is 0 Å². The Morgan fingerprint density at radius 1 is 1.19 bits per heavy atom. The zero-order valence-corrected chi connectivity index (χ0v) is 15.5. The number of methoxy groups -OCH3 is 1. The van der Waals surface area contributed by atoms with E-state index in [0.717, 1.165) is 17.8 Å². The number of ether oxygens (including phenoxy) is 1. The first-order chi connectivity index (χ1) is 12.6. The third-order valence-electron chi connectivity index (χ3n) is 4.90. The van der Waals surface area contributed by atoms with E-state index in [2.05, 4.69) is 52.1 Å². The first kappa shape index (κ1) is 18.0. The quantitative estimate of drug-likeness (QED) is 0.609. The largest absolute Gasteiger partial charge is 0.497 e. The van der Waals surface area contributed by atoms with Crippen LogP contribution >= 0.6 is 0 Å². The standard InChI is InChI=1S/C21H25N3O2/c1-14(21(25)22-2)23-12-18(15-8-10-16(26-3)11-9-15)19-13-24-20-7-5-4-6-17(19)20/h4-11,13-14,18,23-24H,12H2,1-3H3,(H,22,25)/p+1/t14-,18+/m0/s1. The second-order valence-electron chi connectivity index (χ2n) is 6.49. The molecule has 5 nitrogen and oxygen atoms in total.